The molecule has 3 rings (SSSR count). The summed E-state index contributed by atoms with van der Waals surface area (Å²) in [6.07, 6.45) is 0. The Morgan fingerprint density at radius 2 is 1.52 bits per heavy atom. The Morgan fingerprint density at radius 1 is 0.960 bits per heavy atom. The summed E-state index contributed by atoms with van der Waals surface area (Å²) < 4.78 is 33.0. The fourth-order valence-electron chi connectivity index (χ4n) is 3.20. The van der Waals surface area contributed by atoms with Gasteiger partial charge in [0.1, 0.15) is 4.90 Å². The van der Waals surface area contributed by atoms with Crippen molar-refractivity contribution in [2.24, 2.45) is 0 Å². The van der Waals surface area contributed by atoms with Crippen LogP contribution in [0.1, 0.15) is 16.7 Å². The van der Waals surface area contributed by atoms with Crippen molar-refractivity contribution in [1.82, 2.24) is 0 Å². The summed E-state index contributed by atoms with van der Waals surface area (Å²) in [7, 11) is -4.43. The molecule has 0 fully saturated rings. The van der Waals surface area contributed by atoms with Crippen molar-refractivity contribution in [3.8, 4) is 0 Å². The lowest BCUT2D eigenvalue weighted by Crippen LogP contribution is -2.06. The van der Waals surface area contributed by atoms with Gasteiger partial charge in [0.2, 0.25) is 0 Å². The predicted molar refractivity (Wildman–Crippen MR) is 102 cm³/mol. The Balaban J connectivity index is 2.28. The molecule has 0 atom stereocenters. The standard InChI is InChI=1S/C19H20N2O3S/c1-11-8-12(2)19(13(3)9-11)21-16-10-17(25(22,23)24)18(20)15-7-5-4-6-14(15)16/h4-10,21H,20H2,1-3H3,(H,22,23,24). The molecular formula is C19H20N2O3S. The number of nitrogens with two attached hydrogens (primary N) is 1. The molecule has 0 bridgehead atoms. The Bertz CT molecular complexity index is 1070. The van der Waals surface area contributed by atoms with Gasteiger partial charge < -0.3 is 11.1 Å². The second kappa shape index (κ2) is 6.06. The minimum atomic E-state index is -4.43. The molecule has 25 heavy (non-hydrogen) atoms. The lowest BCUT2D eigenvalue weighted by Gasteiger charge is -2.17. The van der Waals surface area contributed by atoms with Gasteiger partial charge in [-0.15, -0.1) is 0 Å². The van der Waals surface area contributed by atoms with Crippen LogP contribution in [0.15, 0.2) is 47.4 Å². The lowest BCUT2D eigenvalue weighted by atomic mass is 10.0. The monoisotopic (exact) mass is 356 g/mol. The van der Waals surface area contributed by atoms with Crippen LogP contribution < -0.4 is 11.1 Å². The van der Waals surface area contributed by atoms with E-state index >= 15 is 0 Å². The highest BCUT2D eigenvalue weighted by atomic mass is 32.2. The second-order valence-electron chi connectivity index (χ2n) is 6.26. The fourth-order valence-corrected chi connectivity index (χ4v) is 3.86. The number of anilines is 3. The maximum atomic E-state index is 11.7. The van der Waals surface area contributed by atoms with Crippen LogP contribution in [0.25, 0.3) is 10.8 Å². The van der Waals surface area contributed by atoms with E-state index in [1.807, 2.05) is 32.9 Å². The van der Waals surface area contributed by atoms with Crippen LogP contribution in [-0.2, 0) is 10.1 Å². The molecule has 3 aromatic carbocycles. The molecule has 0 aliphatic heterocycles. The summed E-state index contributed by atoms with van der Waals surface area (Å²) in [5.74, 6) is 0. The fraction of sp³-hybridized carbons (Fsp3) is 0.158. The van der Waals surface area contributed by atoms with Crippen LogP contribution in [0.5, 0.6) is 0 Å². The van der Waals surface area contributed by atoms with Crippen molar-refractivity contribution in [2.45, 2.75) is 25.7 Å². The third kappa shape index (κ3) is 3.18. The highest BCUT2D eigenvalue weighted by Crippen LogP contribution is 2.37. The molecule has 130 valence electrons. The van der Waals surface area contributed by atoms with Gasteiger partial charge in [0.25, 0.3) is 10.1 Å². The molecule has 0 saturated heterocycles. The van der Waals surface area contributed by atoms with Crippen molar-refractivity contribution in [2.75, 3.05) is 11.1 Å². The number of rotatable bonds is 3. The molecule has 0 aliphatic rings. The first-order chi connectivity index (χ1) is 11.7. The van der Waals surface area contributed by atoms with Crippen LogP contribution in [-0.4, -0.2) is 13.0 Å². The highest BCUT2D eigenvalue weighted by Gasteiger charge is 2.19. The molecule has 0 radical (unpaired) electrons. The molecular weight excluding hydrogens is 336 g/mol. The van der Waals surface area contributed by atoms with E-state index in [1.165, 1.54) is 6.07 Å². The average molecular weight is 356 g/mol. The minimum absolute atomic E-state index is 0.0426. The quantitative estimate of drug-likeness (QED) is 0.479. The number of fused-ring (bicyclic) bond motifs is 1. The van der Waals surface area contributed by atoms with Gasteiger partial charge in [0.05, 0.1) is 5.69 Å². The summed E-state index contributed by atoms with van der Waals surface area (Å²) in [6, 6.07) is 12.7. The van der Waals surface area contributed by atoms with Crippen LogP contribution in [0.3, 0.4) is 0 Å². The molecule has 6 heteroatoms. The van der Waals surface area contributed by atoms with E-state index in [1.54, 1.807) is 12.1 Å². The van der Waals surface area contributed by atoms with Gasteiger partial charge in [-0.2, -0.15) is 8.42 Å². The van der Waals surface area contributed by atoms with Crippen LogP contribution in [0, 0.1) is 20.8 Å². The normalized spacial score (nSPS) is 11.7. The van der Waals surface area contributed by atoms with E-state index < -0.39 is 10.1 Å². The zero-order valence-corrected chi connectivity index (χ0v) is 15.1. The van der Waals surface area contributed by atoms with Gasteiger partial charge in [-0.25, -0.2) is 0 Å². The third-order valence-electron chi connectivity index (χ3n) is 4.26. The summed E-state index contributed by atoms with van der Waals surface area (Å²) in [6.45, 7) is 6.01. The number of nitrogen functional groups attached to an aromatic ring is 1. The van der Waals surface area contributed by atoms with Crippen molar-refractivity contribution in [3.05, 3.63) is 59.2 Å². The largest absolute Gasteiger partial charge is 0.397 e. The maximum Gasteiger partial charge on any atom is 0.296 e. The smallest absolute Gasteiger partial charge is 0.296 e. The van der Waals surface area contributed by atoms with Gasteiger partial charge in [0.15, 0.2) is 0 Å². The minimum Gasteiger partial charge on any atom is -0.397 e. The summed E-state index contributed by atoms with van der Waals surface area (Å²) in [5.41, 5.74) is 10.8. The predicted octanol–water partition coefficient (Wildman–Crippen LogP) is 4.34. The molecule has 0 heterocycles. The van der Waals surface area contributed by atoms with Gasteiger partial charge in [0, 0.05) is 22.1 Å². The Labute approximate surface area is 147 Å². The van der Waals surface area contributed by atoms with E-state index in [9.17, 15) is 13.0 Å². The number of hydrogen-bond acceptors (Lipinski definition) is 4. The number of nitrogens with one attached hydrogen (secondary N) is 1. The van der Waals surface area contributed by atoms with Crippen LogP contribution in [0.4, 0.5) is 17.1 Å². The van der Waals surface area contributed by atoms with Crippen LogP contribution in [0.2, 0.25) is 0 Å². The zero-order valence-electron chi connectivity index (χ0n) is 14.3. The van der Waals surface area contributed by atoms with Crippen LogP contribution >= 0.6 is 0 Å². The lowest BCUT2D eigenvalue weighted by molar-refractivity contribution is 0.484. The van der Waals surface area contributed by atoms with Gasteiger partial charge in [-0.05, 0) is 38.0 Å². The molecule has 0 unspecified atom stereocenters. The second-order valence-corrected chi connectivity index (χ2v) is 7.65. The van der Waals surface area contributed by atoms with Crippen molar-refractivity contribution in [1.29, 1.82) is 0 Å². The number of hydrogen-bond donors (Lipinski definition) is 3. The maximum absolute atomic E-state index is 11.7. The topological polar surface area (TPSA) is 92.4 Å². The average Bonchev–Trinajstić information content (AvgIpc) is 2.51. The summed E-state index contributed by atoms with van der Waals surface area (Å²) in [4.78, 5) is -0.295. The van der Waals surface area contributed by atoms with E-state index in [0.717, 1.165) is 27.8 Å². The van der Waals surface area contributed by atoms with E-state index in [0.29, 0.717) is 11.1 Å². The van der Waals surface area contributed by atoms with Crippen molar-refractivity contribution < 1.29 is 13.0 Å². The molecule has 0 aromatic heterocycles. The molecule has 0 amide bonds. The Morgan fingerprint density at radius 3 is 2.08 bits per heavy atom. The summed E-state index contributed by atoms with van der Waals surface area (Å²) >= 11 is 0. The van der Waals surface area contributed by atoms with E-state index in [2.05, 4.69) is 17.4 Å². The SMILES string of the molecule is Cc1cc(C)c(Nc2cc(S(=O)(=O)O)c(N)c3ccccc23)c(C)c1. The first kappa shape index (κ1) is 17.3. The van der Waals surface area contributed by atoms with E-state index in [4.69, 9.17) is 5.73 Å². The first-order valence-electron chi connectivity index (χ1n) is 7.82. The Kier molecular flexibility index (Phi) is 4.18. The highest BCUT2D eigenvalue weighted by molar-refractivity contribution is 7.86. The van der Waals surface area contributed by atoms with E-state index in [-0.39, 0.29) is 10.6 Å². The molecule has 0 saturated carbocycles. The van der Waals surface area contributed by atoms with Gasteiger partial charge in [-0.1, -0.05) is 42.0 Å². The number of aryl methyl sites for hydroxylation is 3. The van der Waals surface area contributed by atoms with Gasteiger partial charge in [-0.3, -0.25) is 4.55 Å². The third-order valence-corrected chi connectivity index (χ3v) is 5.16. The molecule has 0 aliphatic carbocycles. The summed E-state index contributed by atoms with van der Waals surface area (Å²) in [5, 5.41) is 4.68. The molecule has 3 aromatic rings. The Hall–Kier alpha value is -2.57. The number of benzene rings is 3. The van der Waals surface area contributed by atoms with Crippen molar-refractivity contribution in [3.63, 3.8) is 0 Å². The zero-order chi connectivity index (χ0) is 18.4. The first-order valence-corrected chi connectivity index (χ1v) is 9.26. The molecule has 4 N–H and O–H groups in total. The molecule has 5 nitrogen and oxygen atoms in total. The molecule has 0 spiro atoms. The van der Waals surface area contributed by atoms with Crippen molar-refractivity contribution >= 4 is 38.0 Å². The van der Waals surface area contributed by atoms with Gasteiger partial charge >= 0.3 is 0 Å².